The number of aromatic nitrogens is 3. The van der Waals surface area contributed by atoms with E-state index in [4.69, 9.17) is 0 Å². The van der Waals surface area contributed by atoms with Crippen LogP contribution in [0.4, 0.5) is 0 Å². The van der Waals surface area contributed by atoms with E-state index in [1.807, 2.05) is 13.8 Å². The lowest BCUT2D eigenvalue weighted by molar-refractivity contribution is -0.118. The lowest BCUT2D eigenvalue weighted by Gasteiger charge is -1.88. The Balaban J connectivity index is 2.57. The highest BCUT2D eigenvalue weighted by atomic mass is 16.1. The van der Waals surface area contributed by atoms with E-state index in [1.165, 1.54) is 0 Å². The van der Waals surface area contributed by atoms with Crippen LogP contribution in [-0.2, 0) is 11.2 Å². The third kappa shape index (κ3) is 2.14. The van der Waals surface area contributed by atoms with E-state index in [0.717, 1.165) is 5.82 Å². The van der Waals surface area contributed by atoms with Gasteiger partial charge in [-0.2, -0.15) is 5.10 Å². The summed E-state index contributed by atoms with van der Waals surface area (Å²) in [4.78, 5) is 14.9. The quantitative estimate of drug-likeness (QED) is 0.693. The number of H-pyrrole nitrogens is 1. The van der Waals surface area contributed by atoms with Gasteiger partial charge in [0, 0.05) is 6.42 Å². The molecule has 0 aliphatic rings. The van der Waals surface area contributed by atoms with E-state index in [9.17, 15) is 4.79 Å². The lowest BCUT2D eigenvalue weighted by Crippen LogP contribution is -2.01. The van der Waals surface area contributed by atoms with Gasteiger partial charge in [0.25, 0.3) is 0 Å². The molecule has 60 valence electrons. The van der Waals surface area contributed by atoms with Gasteiger partial charge in [0.05, 0.1) is 6.42 Å². The van der Waals surface area contributed by atoms with Crippen LogP contribution in [0.25, 0.3) is 0 Å². The number of hydrogen-bond acceptors (Lipinski definition) is 3. The molecule has 0 atom stereocenters. The highest BCUT2D eigenvalue weighted by Crippen LogP contribution is 1.94. The predicted molar refractivity (Wildman–Crippen MR) is 40.1 cm³/mol. The van der Waals surface area contributed by atoms with Gasteiger partial charge in [0.15, 0.2) is 5.82 Å². The highest BCUT2D eigenvalue weighted by Gasteiger charge is 2.04. The summed E-state index contributed by atoms with van der Waals surface area (Å²) in [7, 11) is 0. The van der Waals surface area contributed by atoms with Crippen molar-refractivity contribution in [1.82, 2.24) is 15.2 Å². The number of Topliss-reactive ketones (excluding diaryl/α,β-unsaturated/α-hetero) is 1. The van der Waals surface area contributed by atoms with Crippen molar-refractivity contribution in [1.29, 1.82) is 0 Å². The first-order chi connectivity index (χ1) is 5.22. The third-order valence-electron chi connectivity index (χ3n) is 1.39. The fraction of sp³-hybridized carbons (Fsp3) is 0.571. The van der Waals surface area contributed by atoms with Gasteiger partial charge in [0.1, 0.15) is 11.6 Å². The molecule has 0 aromatic carbocycles. The van der Waals surface area contributed by atoms with Crippen LogP contribution in [-0.4, -0.2) is 21.0 Å². The molecule has 0 saturated heterocycles. The summed E-state index contributed by atoms with van der Waals surface area (Å²) < 4.78 is 0. The molecule has 0 spiro atoms. The van der Waals surface area contributed by atoms with Crippen molar-refractivity contribution in [3.8, 4) is 0 Å². The topological polar surface area (TPSA) is 58.6 Å². The SMILES string of the molecule is CCC(=O)Cc1n[nH]c(C)n1. The lowest BCUT2D eigenvalue weighted by atomic mass is 10.2. The fourth-order valence-electron chi connectivity index (χ4n) is 0.769. The second-order valence-corrected chi connectivity index (χ2v) is 2.41. The zero-order chi connectivity index (χ0) is 8.27. The maximum atomic E-state index is 10.9. The van der Waals surface area contributed by atoms with Gasteiger partial charge >= 0.3 is 0 Å². The van der Waals surface area contributed by atoms with Crippen LogP contribution in [0.1, 0.15) is 25.0 Å². The van der Waals surface area contributed by atoms with Gasteiger partial charge < -0.3 is 0 Å². The molecule has 1 heterocycles. The Kier molecular flexibility index (Phi) is 2.36. The Hall–Kier alpha value is -1.19. The minimum absolute atomic E-state index is 0.170. The maximum absolute atomic E-state index is 10.9. The smallest absolute Gasteiger partial charge is 0.158 e. The zero-order valence-corrected chi connectivity index (χ0v) is 6.72. The van der Waals surface area contributed by atoms with E-state index in [0.29, 0.717) is 18.7 Å². The fourth-order valence-corrected chi connectivity index (χ4v) is 0.769. The number of ketones is 1. The Morgan fingerprint density at radius 1 is 1.64 bits per heavy atom. The average Bonchev–Trinajstić information content (AvgIpc) is 2.35. The van der Waals surface area contributed by atoms with Crippen molar-refractivity contribution < 1.29 is 4.79 Å². The summed E-state index contributed by atoms with van der Waals surface area (Å²) in [5.74, 6) is 1.52. The Morgan fingerprint density at radius 2 is 2.36 bits per heavy atom. The number of carbonyl (C=O) groups is 1. The van der Waals surface area contributed by atoms with Gasteiger partial charge in [-0.1, -0.05) is 6.92 Å². The minimum Gasteiger partial charge on any atom is -0.299 e. The number of nitrogens with zero attached hydrogens (tertiary/aromatic N) is 2. The Bertz CT molecular complexity index is 254. The van der Waals surface area contributed by atoms with Crippen LogP contribution in [0.2, 0.25) is 0 Å². The minimum atomic E-state index is 0.170. The molecule has 11 heavy (non-hydrogen) atoms. The molecule has 4 heteroatoms. The van der Waals surface area contributed by atoms with E-state index >= 15 is 0 Å². The summed E-state index contributed by atoms with van der Waals surface area (Å²) in [6, 6.07) is 0. The van der Waals surface area contributed by atoms with Gasteiger partial charge in [-0.25, -0.2) is 4.98 Å². The molecule has 0 radical (unpaired) electrons. The monoisotopic (exact) mass is 153 g/mol. The number of hydrogen-bond donors (Lipinski definition) is 1. The van der Waals surface area contributed by atoms with Crippen molar-refractivity contribution >= 4 is 5.78 Å². The number of aryl methyl sites for hydroxylation is 1. The first-order valence-electron chi connectivity index (χ1n) is 3.62. The van der Waals surface area contributed by atoms with Gasteiger partial charge in [-0.3, -0.25) is 9.89 Å². The maximum Gasteiger partial charge on any atom is 0.158 e. The first kappa shape index (κ1) is 7.91. The second kappa shape index (κ2) is 3.27. The van der Waals surface area contributed by atoms with Crippen LogP contribution in [0.3, 0.4) is 0 Å². The van der Waals surface area contributed by atoms with Crippen molar-refractivity contribution in [2.45, 2.75) is 26.7 Å². The van der Waals surface area contributed by atoms with Crippen molar-refractivity contribution in [3.63, 3.8) is 0 Å². The van der Waals surface area contributed by atoms with Crippen molar-refractivity contribution in [2.24, 2.45) is 0 Å². The van der Waals surface area contributed by atoms with E-state index in [1.54, 1.807) is 0 Å². The Labute approximate surface area is 65.0 Å². The molecule has 1 aromatic rings. The van der Waals surface area contributed by atoms with Gasteiger partial charge in [0.2, 0.25) is 0 Å². The zero-order valence-electron chi connectivity index (χ0n) is 6.72. The van der Waals surface area contributed by atoms with Gasteiger partial charge in [-0.15, -0.1) is 0 Å². The van der Waals surface area contributed by atoms with Crippen LogP contribution in [0.15, 0.2) is 0 Å². The van der Waals surface area contributed by atoms with Crippen molar-refractivity contribution in [2.75, 3.05) is 0 Å². The summed E-state index contributed by atoms with van der Waals surface area (Å²) in [6.07, 6.45) is 0.897. The number of rotatable bonds is 3. The van der Waals surface area contributed by atoms with E-state index < -0.39 is 0 Å². The number of aromatic amines is 1. The summed E-state index contributed by atoms with van der Waals surface area (Å²) in [5.41, 5.74) is 0. The second-order valence-electron chi connectivity index (χ2n) is 2.41. The third-order valence-corrected chi connectivity index (χ3v) is 1.39. The standard InChI is InChI=1S/C7H11N3O/c1-3-6(11)4-7-8-5(2)9-10-7/h3-4H2,1-2H3,(H,8,9,10). The molecule has 0 aliphatic carbocycles. The molecule has 0 amide bonds. The van der Waals surface area contributed by atoms with Crippen molar-refractivity contribution in [3.05, 3.63) is 11.6 Å². The van der Waals surface area contributed by atoms with E-state index in [-0.39, 0.29) is 5.78 Å². The molecule has 0 unspecified atom stereocenters. The van der Waals surface area contributed by atoms with Crippen LogP contribution in [0.5, 0.6) is 0 Å². The molecule has 0 fully saturated rings. The summed E-state index contributed by atoms with van der Waals surface area (Å²) >= 11 is 0. The number of carbonyl (C=O) groups excluding carboxylic acids is 1. The predicted octanol–water partition coefficient (Wildman–Crippen LogP) is 0.635. The summed E-state index contributed by atoms with van der Waals surface area (Å²) in [5, 5.41) is 6.53. The largest absolute Gasteiger partial charge is 0.299 e. The Morgan fingerprint density at radius 3 is 2.82 bits per heavy atom. The van der Waals surface area contributed by atoms with Crippen LogP contribution < -0.4 is 0 Å². The molecule has 0 aliphatic heterocycles. The highest BCUT2D eigenvalue weighted by molar-refractivity contribution is 5.79. The molecule has 0 bridgehead atoms. The van der Waals surface area contributed by atoms with Crippen LogP contribution in [0, 0.1) is 6.92 Å². The molecular weight excluding hydrogens is 142 g/mol. The number of nitrogens with one attached hydrogen (secondary N) is 1. The van der Waals surface area contributed by atoms with E-state index in [2.05, 4.69) is 15.2 Å². The summed E-state index contributed by atoms with van der Waals surface area (Å²) in [6.45, 7) is 3.65. The first-order valence-corrected chi connectivity index (χ1v) is 3.62. The molecule has 1 rings (SSSR count). The molecule has 1 N–H and O–H groups in total. The molecule has 4 nitrogen and oxygen atoms in total. The average molecular weight is 153 g/mol. The molecule has 1 aromatic heterocycles. The molecule has 0 saturated carbocycles. The van der Waals surface area contributed by atoms with Gasteiger partial charge in [-0.05, 0) is 6.92 Å². The van der Waals surface area contributed by atoms with Crippen LogP contribution >= 0.6 is 0 Å². The molecular formula is C7H11N3O. The normalized spacial score (nSPS) is 10.0.